The highest BCUT2D eigenvalue weighted by atomic mass is 16.5. The molecule has 1 fully saturated rings. The van der Waals surface area contributed by atoms with Crippen molar-refractivity contribution in [3.8, 4) is 5.75 Å². The monoisotopic (exact) mass is 247 g/mol. The van der Waals surface area contributed by atoms with Crippen LogP contribution in [-0.2, 0) is 0 Å². The smallest absolute Gasteiger partial charge is 0.119 e. The Morgan fingerprint density at radius 1 is 1.11 bits per heavy atom. The first-order valence-electron chi connectivity index (χ1n) is 7.33. The molecule has 0 spiro atoms. The van der Waals surface area contributed by atoms with Gasteiger partial charge in [0.1, 0.15) is 12.4 Å². The number of nitrogens with one attached hydrogen (secondary N) is 1. The molecule has 0 radical (unpaired) electrons. The predicted octanol–water partition coefficient (Wildman–Crippen LogP) is 3.72. The van der Waals surface area contributed by atoms with Crippen LogP contribution >= 0.6 is 0 Å². The molecule has 2 rings (SSSR count). The minimum absolute atomic E-state index is 0.747. The van der Waals surface area contributed by atoms with Crippen LogP contribution in [0, 0.1) is 0 Å². The fraction of sp³-hybridized carbons (Fsp3) is 0.625. The lowest BCUT2D eigenvalue weighted by Gasteiger charge is -2.22. The Kier molecular flexibility index (Phi) is 5.53. The summed E-state index contributed by atoms with van der Waals surface area (Å²) in [5, 5.41) is 3.26. The van der Waals surface area contributed by atoms with Crippen molar-refractivity contribution in [3.05, 3.63) is 29.8 Å². The molecule has 0 unspecified atom stereocenters. The highest BCUT2D eigenvalue weighted by Crippen LogP contribution is 2.33. The van der Waals surface area contributed by atoms with E-state index in [-0.39, 0.29) is 0 Å². The lowest BCUT2D eigenvalue weighted by atomic mass is 9.84. The summed E-state index contributed by atoms with van der Waals surface area (Å²) in [5.41, 5.74) is 1.49. The molecule has 0 amide bonds. The maximum Gasteiger partial charge on any atom is 0.119 e. The van der Waals surface area contributed by atoms with Crippen LogP contribution in [0.3, 0.4) is 0 Å². The van der Waals surface area contributed by atoms with Crippen LogP contribution in [0.25, 0.3) is 0 Å². The Balaban J connectivity index is 1.81. The van der Waals surface area contributed by atoms with Crippen LogP contribution in [0.2, 0.25) is 0 Å². The molecule has 18 heavy (non-hydrogen) atoms. The topological polar surface area (TPSA) is 21.3 Å². The fourth-order valence-electron chi connectivity index (χ4n) is 2.69. The van der Waals surface area contributed by atoms with Crippen molar-refractivity contribution in [2.24, 2.45) is 0 Å². The van der Waals surface area contributed by atoms with E-state index in [2.05, 4.69) is 36.5 Å². The van der Waals surface area contributed by atoms with E-state index in [4.69, 9.17) is 4.74 Å². The first-order chi connectivity index (χ1) is 8.90. The molecule has 0 saturated heterocycles. The molecule has 1 aromatic rings. The molecule has 100 valence electrons. The number of ether oxygens (including phenoxy) is 1. The molecule has 0 aromatic heterocycles. The zero-order chi connectivity index (χ0) is 12.6. The van der Waals surface area contributed by atoms with Gasteiger partial charge in [-0.25, -0.2) is 0 Å². The van der Waals surface area contributed by atoms with E-state index in [1.54, 1.807) is 0 Å². The quantitative estimate of drug-likeness (QED) is 0.774. The van der Waals surface area contributed by atoms with Crippen molar-refractivity contribution < 1.29 is 4.74 Å². The molecular formula is C16H25NO. The SMILES string of the molecule is CCNCCOc1ccc(C2CCCCC2)cc1. The van der Waals surface area contributed by atoms with Crippen LogP contribution in [0.4, 0.5) is 0 Å². The van der Waals surface area contributed by atoms with Crippen LogP contribution in [0.1, 0.15) is 50.5 Å². The number of hydrogen-bond donors (Lipinski definition) is 1. The van der Waals surface area contributed by atoms with Crippen LogP contribution in [-0.4, -0.2) is 19.7 Å². The zero-order valence-electron chi connectivity index (χ0n) is 11.5. The highest BCUT2D eigenvalue weighted by molar-refractivity contribution is 5.29. The Labute approximate surface area is 111 Å². The van der Waals surface area contributed by atoms with Gasteiger partial charge in [-0.3, -0.25) is 0 Å². The summed E-state index contributed by atoms with van der Waals surface area (Å²) in [6.07, 6.45) is 6.93. The van der Waals surface area contributed by atoms with E-state index in [9.17, 15) is 0 Å². The van der Waals surface area contributed by atoms with Gasteiger partial charge in [-0.15, -0.1) is 0 Å². The molecule has 1 aromatic carbocycles. The van der Waals surface area contributed by atoms with Gasteiger partial charge < -0.3 is 10.1 Å². The van der Waals surface area contributed by atoms with E-state index < -0.39 is 0 Å². The third kappa shape index (κ3) is 4.02. The minimum atomic E-state index is 0.747. The van der Waals surface area contributed by atoms with Gasteiger partial charge in [0.25, 0.3) is 0 Å². The molecular weight excluding hydrogens is 222 g/mol. The number of rotatable bonds is 6. The number of hydrogen-bond acceptors (Lipinski definition) is 2. The van der Waals surface area contributed by atoms with Gasteiger partial charge in [-0.05, 0) is 43.0 Å². The second-order valence-electron chi connectivity index (χ2n) is 5.11. The Morgan fingerprint density at radius 3 is 2.50 bits per heavy atom. The van der Waals surface area contributed by atoms with E-state index in [1.807, 2.05) is 0 Å². The van der Waals surface area contributed by atoms with Crippen molar-refractivity contribution in [1.82, 2.24) is 5.32 Å². The van der Waals surface area contributed by atoms with Crippen LogP contribution < -0.4 is 10.1 Å². The molecule has 1 aliphatic carbocycles. The van der Waals surface area contributed by atoms with Crippen LogP contribution in [0.5, 0.6) is 5.75 Å². The van der Waals surface area contributed by atoms with E-state index in [1.165, 1.54) is 37.7 Å². The summed E-state index contributed by atoms with van der Waals surface area (Å²) in [5.74, 6) is 1.78. The third-order valence-electron chi connectivity index (χ3n) is 3.75. The minimum Gasteiger partial charge on any atom is -0.492 e. The summed E-state index contributed by atoms with van der Waals surface area (Å²) < 4.78 is 5.69. The second kappa shape index (κ2) is 7.42. The van der Waals surface area contributed by atoms with Gasteiger partial charge in [0.15, 0.2) is 0 Å². The Hall–Kier alpha value is -1.02. The number of likely N-dealkylation sites (N-methyl/N-ethyl adjacent to an activating group) is 1. The zero-order valence-corrected chi connectivity index (χ0v) is 11.5. The number of benzene rings is 1. The van der Waals surface area contributed by atoms with Crippen molar-refractivity contribution in [2.75, 3.05) is 19.7 Å². The summed E-state index contributed by atoms with van der Waals surface area (Å²) in [4.78, 5) is 0. The maximum atomic E-state index is 5.69. The molecule has 2 heteroatoms. The third-order valence-corrected chi connectivity index (χ3v) is 3.75. The van der Waals surface area contributed by atoms with Gasteiger partial charge in [-0.1, -0.05) is 38.3 Å². The van der Waals surface area contributed by atoms with Gasteiger partial charge in [-0.2, -0.15) is 0 Å². The molecule has 1 saturated carbocycles. The molecule has 1 N–H and O–H groups in total. The second-order valence-corrected chi connectivity index (χ2v) is 5.11. The Bertz CT molecular complexity index is 327. The molecule has 2 nitrogen and oxygen atoms in total. The van der Waals surface area contributed by atoms with Crippen molar-refractivity contribution in [2.45, 2.75) is 44.9 Å². The highest BCUT2D eigenvalue weighted by Gasteiger charge is 2.14. The predicted molar refractivity (Wildman–Crippen MR) is 76.3 cm³/mol. The van der Waals surface area contributed by atoms with E-state index >= 15 is 0 Å². The molecule has 0 aliphatic heterocycles. The van der Waals surface area contributed by atoms with Gasteiger partial charge in [0.2, 0.25) is 0 Å². The standard InChI is InChI=1S/C16H25NO/c1-2-17-12-13-18-16-10-8-15(9-11-16)14-6-4-3-5-7-14/h8-11,14,17H,2-7,12-13H2,1H3. The van der Waals surface area contributed by atoms with Crippen molar-refractivity contribution >= 4 is 0 Å². The summed E-state index contributed by atoms with van der Waals surface area (Å²) in [6, 6.07) is 8.74. The normalized spacial score (nSPS) is 16.7. The van der Waals surface area contributed by atoms with Gasteiger partial charge >= 0.3 is 0 Å². The fourth-order valence-corrected chi connectivity index (χ4v) is 2.69. The largest absolute Gasteiger partial charge is 0.492 e. The first kappa shape index (κ1) is 13.4. The summed E-state index contributed by atoms with van der Waals surface area (Å²) >= 11 is 0. The van der Waals surface area contributed by atoms with E-state index in [0.717, 1.165) is 31.4 Å². The summed E-state index contributed by atoms with van der Waals surface area (Å²) in [6.45, 7) is 4.78. The van der Waals surface area contributed by atoms with Gasteiger partial charge in [0, 0.05) is 6.54 Å². The lowest BCUT2D eigenvalue weighted by Crippen LogP contribution is -2.20. The van der Waals surface area contributed by atoms with Crippen LogP contribution in [0.15, 0.2) is 24.3 Å². The molecule has 0 atom stereocenters. The summed E-state index contributed by atoms with van der Waals surface area (Å²) in [7, 11) is 0. The molecule has 0 heterocycles. The van der Waals surface area contributed by atoms with Gasteiger partial charge in [0.05, 0.1) is 0 Å². The Morgan fingerprint density at radius 2 is 1.83 bits per heavy atom. The first-order valence-corrected chi connectivity index (χ1v) is 7.33. The maximum absolute atomic E-state index is 5.69. The van der Waals surface area contributed by atoms with Crippen molar-refractivity contribution in [3.63, 3.8) is 0 Å². The van der Waals surface area contributed by atoms with E-state index in [0.29, 0.717) is 0 Å². The average Bonchev–Trinajstić information content (AvgIpc) is 2.45. The molecule has 1 aliphatic rings. The average molecular weight is 247 g/mol. The van der Waals surface area contributed by atoms with Crippen molar-refractivity contribution in [1.29, 1.82) is 0 Å². The lowest BCUT2D eigenvalue weighted by molar-refractivity contribution is 0.315. The molecule has 0 bridgehead atoms.